The minimum absolute atomic E-state index is 0.0408. The Morgan fingerprint density at radius 3 is 2.48 bits per heavy atom. The van der Waals surface area contributed by atoms with E-state index in [0.717, 1.165) is 11.1 Å². The highest BCUT2D eigenvalue weighted by Crippen LogP contribution is 2.46. The zero-order chi connectivity index (χ0) is 20.5. The Kier molecular flexibility index (Phi) is 5.33. The molecule has 29 heavy (non-hydrogen) atoms. The molecule has 5 nitrogen and oxygen atoms in total. The molecule has 150 valence electrons. The second-order valence-electron chi connectivity index (χ2n) is 7.35. The van der Waals surface area contributed by atoms with Crippen LogP contribution in [0.5, 0.6) is 11.5 Å². The lowest BCUT2D eigenvalue weighted by Gasteiger charge is -2.35. The quantitative estimate of drug-likeness (QED) is 0.811. The van der Waals surface area contributed by atoms with Crippen molar-refractivity contribution in [1.82, 2.24) is 5.32 Å². The highest BCUT2D eigenvalue weighted by atomic mass is 35.5. The van der Waals surface area contributed by atoms with E-state index in [9.17, 15) is 9.59 Å². The van der Waals surface area contributed by atoms with Crippen molar-refractivity contribution in [1.29, 1.82) is 0 Å². The molecule has 2 aliphatic rings. The van der Waals surface area contributed by atoms with Gasteiger partial charge in [-0.25, -0.2) is 0 Å². The molecule has 1 N–H and O–H groups in total. The molecule has 0 saturated heterocycles. The lowest BCUT2D eigenvalue weighted by Crippen LogP contribution is -2.38. The summed E-state index contributed by atoms with van der Waals surface area (Å²) in [5.74, 6) is 0.829. The molecule has 0 fully saturated rings. The SMILES string of the molecule is COc1ccc([C@@H]2CC(=O)NC3=C2C(=O)C[C@@H](c2ccccc2Cl)C3)c(OC)c1. The van der Waals surface area contributed by atoms with Crippen LogP contribution in [-0.4, -0.2) is 25.9 Å². The number of carbonyl (C=O) groups is 2. The van der Waals surface area contributed by atoms with Crippen LogP contribution >= 0.6 is 11.6 Å². The number of nitrogens with one attached hydrogen (secondary N) is 1. The Balaban J connectivity index is 1.75. The van der Waals surface area contributed by atoms with Crippen LogP contribution in [0.15, 0.2) is 53.7 Å². The summed E-state index contributed by atoms with van der Waals surface area (Å²) in [6.07, 6.45) is 1.16. The molecule has 0 radical (unpaired) electrons. The van der Waals surface area contributed by atoms with Crippen LogP contribution in [0, 0.1) is 0 Å². The number of methoxy groups -OCH3 is 2. The van der Waals surface area contributed by atoms with Gasteiger partial charge in [-0.2, -0.15) is 0 Å². The molecular formula is C23H22ClNO4. The van der Waals surface area contributed by atoms with Gasteiger partial charge in [-0.05, 0) is 30.0 Å². The summed E-state index contributed by atoms with van der Waals surface area (Å²) >= 11 is 6.36. The fraction of sp³-hybridized carbons (Fsp3) is 0.304. The Morgan fingerprint density at radius 2 is 1.76 bits per heavy atom. The van der Waals surface area contributed by atoms with Crippen LogP contribution in [0.3, 0.4) is 0 Å². The van der Waals surface area contributed by atoms with Crippen molar-refractivity contribution in [2.75, 3.05) is 14.2 Å². The Labute approximate surface area is 174 Å². The second-order valence-corrected chi connectivity index (χ2v) is 7.76. The average Bonchev–Trinajstić information content (AvgIpc) is 2.72. The molecule has 1 aliphatic carbocycles. The summed E-state index contributed by atoms with van der Waals surface area (Å²) in [4.78, 5) is 25.7. The van der Waals surface area contributed by atoms with Gasteiger partial charge in [0.2, 0.25) is 5.91 Å². The first kappa shape index (κ1) is 19.5. The van der Waals surface area contributed by atoms with E-state index < -0.39 is 0 Å². The number of ketones is 1. The first-order valence-electron chi connectivity index (χ1n) is 9.54. The van der Waals surface area contributed by atoms with Crippen LogP contribution in [0.1, 0.15) is 42.2 Å². The third kappa shape index (κ3) is 3.62. The zero-order valence-electron chi connectivity index (χ0n) is 16.3. The number of carbonyl (C=O) groups excluding carboxylic acids is 2. The number of hydrogen-bond donors (Lipinski definition) is 1. The average molecular weight is 412 g/mol. The Morgan fingerprint density at radius 1 is 0.966 bits per heavy atom. The van der Waals surface area contributed by atoms with Gasteiger partial charge >= 0.3 is 0 Å². The number of amides is 1. The number of allylic oxidation sites excluding steroid dienone is 2. The van der Waals surface area contributed by atoms with Crippen LogP contribution in [-0.2, 0) is 9.59 Å². The van der Waals surface area contributed by atoms with Crippen molar-refractivity contribution in [2.24, 2.45) is 0 Å². The molecule has 1 aliphatic heterocycles. The third-order valence-electron chi connectivity index (χ3n) is 5.70. The number of Topliss-reactive ketones (excluding diaryl/α,β-unsaturated/α-hetero) is 1. The molecule has 2 aromatic rings. The molecule has 0 spiro atoms. The van der Waals surface area contributed by atoms with E-state index in [0.29, 0.717) is 40.6 Å². The van der Waals surface area contributed by atoms with Gasteiger partial charge in [-0.3, -0.25) is 9.59 Å². The van der Waals surface area contributed by atoms with Gasteiger partial charge in [0, 0.05) is 46.7 Å². The predicted octanol–water partition coefficient (Wildman–Crippen LogP) is 4.36. The van der Waals surface area contributed by atoms with E-state index in [-0.39, 0.29) is 29.9 Å². The molecule has 4 rings (SSSR count). The Hall–Kier alpha value is -2.79. The normalized spacial score (nSPS) is 21.5. The molecule has 2 atom stereocenters. The second kappa shape index (κ2) is 7.91. The van der Waals surface area contributed by atoms with Crippen molar-refractivity contribution in [3.8, 4) is 11.5 Å². The predicted molar refractivity (Wildman–Crippen MR) is 111 cm³/mol. The van der Waals surface area contributed by atoms with Crippen molar-refractivity contribution in [3.63, 3.8) is 0 Å². The van der Waals surface area contributed by atoms with E-state index in [2.05, 4.69) is 5.32 Å². The van der Waals surface area contributed by atoms with Crippen LogP contribution in [0.2, 0.25) is 5.02 Å². The van der Waals surface area contributed by atoms with E-state index in [1.807, 2.05) is 36.4 Å². The van der Waals surface area contributed by atoms with Crippen molar-refractivity contribution >= 4 is 23.3 Å². The molecule has 0 unspecified atom stereocenters. The summed E-state index contributed by atoms with van der Waals surface area (Å²) in [5, 5.41) is 3.58. The van der Waals surface area contributed by atoms with Crippen molar-refractivity contribution in [3.05, 3.63) is 69.9 Å². The molecule has 0 aromatic heterocycles. The summed E-state index contributed by atoms with van der Waals surface area (Å²) in [6, 6.07) is 13.0. The topological polar surface area (TPSA) is 64.6 Å². The van der Waals surface area contributed by atoms with E-state index in [1.54, 1.807) is 20.3 Å². The maximum Gasteiger partial charge on any atom is 0.225 e. The van der Waals surface area contributed by atoms with Gasteiger partial charge in [-0.1, -0.05) is 35.9 Å². The van der Waals surface area contributed by atoms with E-state index in [1.165, 1.54) is 0 Å². The van der Waals surface area contributed by atoms with Gasteiger partial charge in [0.05, 0.1) is 14.2 Å². The van der Waals surface area contributed by atoms with Crippen molar-refractivity contribution < 1.29 is 19.1 Å². The fourth-order valence-electron chi connectivity index (χ4n) is 4.36. The lowest BCUT2D eigenvalue weighted by molar-refractivity contribution is -0.122. The summed E-state index contributed by atoms with van der Waals surface area (Å²) in [7, 11) is 3.16. The summed E-state index contributed by atoms with van der Waals surface area (Å²) in [5.41, 5.74) is 3.13. The minimum atomic E-state index is -0.334. The van der Waals surface area contributed by atoms with Crippen LogP contribution in [0.25, 0.3) is 0 Å². The van der Waals surface area contributed by atoms with Gasteiger partial charge in [-0.15, -0.1) is 0 Å². The highest BCUT2D eigenvalue weighted by Gasteiger charge is 2.39. The highest BCUT2D eigenvalue weighted by molar-refractivity contribution is 6.31. The van der Waals surface area contributed by atoms with Gasteiger partial charge in [0.15, 0.2) is 5.78 Å². The molecule has 0 bridgehead atoms. The number of rotatable bonds is 4. The minimum Gasteiger partial charge on any atom is -0.497 e. The zero-order valence-corrected chi connectivity index (χ0v) is 17.1. The summed E-state index contributed by atoms with van der Waals surface area (Å²) in [6.45, 7) is 0. The molecule has 2 aromatic carbocycles. The number of hydrogen-bond acceptors (Lipinski definition) is 4. The third-order valence-corrected chi connectivity index (χ3v) is 6.04. The van der Waals surface area contributed by atoms with Crippen LogP contribution < -0.4 is 14.8 Å². The Bertz CT molecular complexity index is 1010. The molecule has 1 amide bonds. The first-order chi connectivity index (χ1) is 14.0. The monoisotopic (exact) mass is 411 g/mol. The van der Waals surface area contributed by atoms with Crippen LogP contribution in [0.4, 0.5) is 0 Å². The molecule has 6 heteroatoms. The fourth-order valence-corrected chi connectivity index (χ4v) is 4.65. The maximum absolute atomic E-state index is 13.2. The van der Waals surface area contributed by atoms with Gasteiger partial charge < -0.3 is 14.8 Å². The lowest BCUT2D eigenvalue weighted by atomic mass is 9.73. The summed E-state index contributed by atoms with van der Waals surface area (Å²) < 4.78 is 10.8. The maximum atomic E-state index is 13.2. The first-order valence-corrected chi connectivity index (χ1v) is 9.92. The standard InChI is InChI=1S/C23H22ClNO4/c1-28-14-7-8-16(21(11-14)29-2)17-12-22(27)25-19-9-13(10-20(26)23(17)19)15-5-3-4-6-18(15)24/h3-8,11,13,17H,9-10,12H2,1-2H3,(H,25,27)/t13-,17-/m0/s1. The largest absolute Gasteiger partial charge is 0.497 e. The number of ether oxygens (including phenoxy) is 2. The smallest absolute Gasteiger partial charge is 0.225 e. The molecular weight excluding hydrogens is 390 g/mol. The van der Waals surface area contributed by atoms with E-state index >= 15 is 0 Å². The van der Waals surface area contributed by atoms with E-state index in [4.69, 9.17) is 21.1 Å². The van der Waals surface area contributed by atoms with Gasteiger partial charge in [0.25, 0.3) is 0 Å². The molecule has 0 saturated carbocycles. The molecule has 1 heterocycles. The number of benzene rings is 2. The number of halogens is 1. The van der Waals surface area contributed by atoms with Gasteiger partial charge in [0.1, 0.15) is 11.5 Å². The van der Waals surface area contributed by atoms with Crippen molar-refractivity contribution in [2.45, 2.75) is 31.1 Å².